The number of pyridine rings is 1. The molecule has 1 aliphatic carbocycles. The summed E-state index contributed by atoms with van der Waals surface area (Å²) >= 11 is 0. The average Bonchev–Trinajstić information content (AvgIpc) is 2.44. The first kappa shape index (κ1) is 17.5. The van der Waals surface area contributed by atoms with Crippen molar-refractivity contribution in [1.29, 1.82) is 0 Å². The number of hydrogen-bond donors (Lipinski definition) is 2. The van der Waals surface area contributed by atoms with Crippen LogP contribution in [0.25, 0.3) is 0 Å². The molecule has 0 aliphatic heterocycles. The van der Waals surface area contributed by atoms with E-state index in [1.165, 1.54) is 6.07 Å². The van der Waals surface area contributed by atoms with Gasteiger partial charge in [0, 0.05) is 11.7 Å². The second-order valence-corrected chi connectivity index (χ2v) is 5.77. The van der Waals surface area contributed by atoms with Crippen LogP contribution in [0.2, 0.25) is 0 Å². The quantitative estimate of drug-likeness (QED) is 0.889. The number of amides is 1. The molecule has 1 heterocycles. The van der Waals surface area contributed by atoms with Gasteiger partial charge in [-0.15, -0.1) is 0 Å². The number of aryl methyl sites for hydroxylation is 1. The van der Waals surface area contributed by atoms with Crippen molar-refractivity contribution in [2.45, 2.75) is 50.9 Å². The Morgan fingerprint density at radius 2 is 2.13 bits per heavy atom. The van der Waals surface area contributed by atoms with E-state index < -0.39 is 30.4 Å². The SMILES string of the molecule is Cc1ccc(C(=O)N[C@@H]2CCC[C@H](OCC(F)(F)F)C2)c(=O)[nH]1. The highest BCUT2D eigenvalue weighted by Crippen LogP contribution is 2.24. The van der Waals surface area contributed by atoms with Gasteiger partial charge in [-0.1, -0.05) is 0 Å². The lowest BCUT2D eigenvalue weighted by Crippen LogP contribution is -2.42. The van der Waals surface area contributed by atoms with Crippen molar-refractivity contribution in [3.8, 4) is 0 Å². The van der Waals surface area contributed by atoms with Crippen LogP contribution in [-0.2, 0) is 4.74 Å². The molecule has 5 nitrogen and oxygen atoms in total. The molecule has 128 valence electrons. The smallest absolute Gasteiger partial charge is 0.369 e. The largest absolute Gasteiger partial charge is 0.411 e. The average molecular weight is 332 g/mol. The van der Waals surface area contributed by atoms with Gasteiger partial charge in [0.2, 0.25) is 0 Å². The third-order valence-corrected chi connectivity index (χ3v) is 3.74. The summed E-state index contributed by atoms with van der Waals surface area (Å²) in [6, 6.07) is 2.76. The van der Waals surface area contributed by atoms with E-state index >= 15 is 0 Å². The Balaban J connectivity index is 1.92. The number of aromatic nitrogens is 1. The van der Waals surface area contributed by atoms with E-state index in [0.717, 1.165) is 0 Å². The van der Waals surface area contributed by atoms with Crippen LogP contribution in [-0.4, -0.2) is 35.8 Å². The highest BCUT2D eigenvalue weighted by atomic mass is 19.4. The minimum Gasteiger partial charge on any atom is -0.369 e. The van der Waals surface area contributed by atoms with E-state index in [1.807, 2.05) is 0 Å². The van der Waals surface area contributed by atoms with Crippen molar-refractivity contribution in [3.63, 3.8) is 0 Å². The van der Waals surface area contributed by atoms with Gasteiger partial charge in [0.25, 0.3) is 11.5 Å². The van der Waals surface area contributed by atoms with Crippen LogP contribution >= 0.6 is 0 Å². The number of hydrogen-bond acceptors (Lipinski definition) is 3. The van der Waals surface area contributed by atoms with Crippen LogP contribution < -0.4 is 10.9 Å². The van der Waals surface area contributed by atoms with Gasteiger partial charge in [-0.2, -0.15) is 13.2 Å². The summed E-state index contributed by atoms with van der Waals surface area (Å²) in [4.78, 5) is 26.4. The van der Waals surface area contributed by atoms with E-state index in [-0.39, 0.29) is 11.6 Å². The normalized spacial score (nSPS) is 21.9. The molecule has 1 aliphatic rings. The summed E-state index contributed by atoms with van der Waals surface area (Å²) in [5.41, 5.74) is 0.155. The van der Waals surface area contributed by atoms with E-state index in [4.69, 9.17) is 4.74 Å². The molecule has 1 amide bonds. The minimum atomic E-state index is -4.36. The Hall–Kier alpha value is -1.83. The van der Waals surface area contributed by atoms with Crippen LogP contribution in [0.15, 0.2) is 16.9 Å². The van der Waals surface area contributed by atoms with Crippen LogP contribution in [0.1, 0.15) is 41.7 Å². The van der Waals surface area contributed by atoms with Gasteiger partial charge in [0.1, 0.15) is 12.2 Å². The Kier molecular flexibility index (Phi) is 5.46. The number of carbonyl (C=O) groups excluding carboxylic acids is 1. The van der Waals surface area contributed by atoms with E-state index in [1.54, 1.807) is 13.0 Å². The maximum absolute atomic E-state index is 12.2. The van der Waals surface area contributed by atoms with E-state index in [9.17, 15) is 22.8 Å². The molecule has 2 N–H and O–H groups in total. The first-order valence-corrected chi connectivity index (χ1v) is 7.44. The molecule has 2 rings (SSSR count). The van der Waals surface area contributed by atoms with Crippen LogP contribution in [0.4, 0.5) is 13.2 Å². The molecule has 0 unspecified atom stereocenters. The second kappa shape index (κ2) is 7.16. The van der Waals surface area contributed by atoms with E-state index in [2.05, 4.69) is 10.3 Å². The van der Waals surface area contributed by atoms with Crippen molar-refractivity contribution in [2.24, 2.45) is 0 Å². The van der Waals surface area contributed by atoms with Gasteiger partial charge < -0.3 is 15.0 Å². The molecule has 2 atom stereocenters. The summed E-state index contributed by atoms with van der Waals surface area (Å²) in [6.07, 6.45) is -2.73. The fourth-order valence-electron chi connectivity index (χ4n) is 2.65. The lowest BCUT2D eigenvalue weighted by molar-refractivity contribution is -0.188. The third kappa shape index (κ3) is 5.38. The molecule has 0 saturated heterocycles. The Morgan fingerprint density at radius 1 is 1.39 bits per heavy atom. The number of nitrogens with one attached hydrogen (secondary N) is 2. The zero-order chi connectivity index (χ0) is 17.0. The molecule has 8 heteroatoms. The van der Waals surface area contributed by atoms with Crippen molar-refractivity contribution in [2.75, 3.05) is 6.61 Å². The van der Waals surface area contributed by atoms with Crippen molar-refractivity contribution < 1.29 is 22.7 Å². The molecule has 23 heavy (non-hydrogen) atoms. The molecular weight excluding hydrogens is 313 g/mol. The molecule has 0 bridgehead atoms. The number of H-pyrrole nitrogens is 1. The molecule has 1 fully saturated rings. The second-order valence-electron chi connectivity index (χ2n) is 5.77. The monoisotopic (exact) mass is 332 g/mol. The Morgan fingerprint density at radius 3 is 2.78 bits per heavy atom. The summed E-state index contributed by atoms with van der Waals surface area (Å²) in [6.45, 7) is 0.419. The highest BCUT2D eigenvalue weighted by molar-refractivity contribution is 5.93. The topological polar surface area (TPSA) is 71.2 Å². The van der Waals surface area contributed by atoms with Crippen molar-refractivity contribution >= 4 is 5.91 Å². The van der Waals surface area contributed by atoms with Gasteiger partial charge in [-0.25, -0.2) is 0 Å². The molecular formula is C15H19F3N2O3. The molecule has 1 aromatic heterocycles. The van der Waals surface area contributed by atoms with Gasteiger partial charge in [0.05, 0.1) is 6.10 Å². The fraction of sp³-hybridized carbons (Fsp3) is 0.600. The lowest BCUT2D eigenvalue weighted by Gasteiger charge is -2.30. The molecule has 0 aromatic carbocycles. The summed E-state index contributed by atoms with van der Waals surface area (Å²) in [5, 5.41) is 2.70. The zero-order valence-corrected chi connectivity index (χ0v) is 12.7. The van der Waals surface area contributed by atoms with Crippen molar-refractivity contribution in [3.05, 3.63) is 33.7 Å². The van der Waals surface area contributed by atoms with Gasteiger partial charge in [-0.05, 0) is 44.7 Å². The molecule has 0 radical (unpaired) electrons. The number of carbonyl (C=O) groups is 1. The van der Waals surface area contributed by atoms with Crippen molar-refractivity contribution in [1.82, 2.24) is 10.3 Å². The van der Waals surface area contributed by atoms with Gasteiger partial charge in [-0.3, -0.25) is 9.59 Å². The first-order valence-electron chi connectivity index (χ1n) is 7.44. The van der Waals surface area contributed by atoms with Crippen LogP contribution in [0.3, 0.4) is 0 Å². The highest BCUT2D eigenvalue weighted by Gasteiger charge is 2.31. The van der Waals surface area contributed by atoms with Crippen LogP contribution in [0.5, 0.6) is 0 Å². The van der Waals surface area contributed by atoms with Gasteiger partial charge >= 0.3 is 6.18 Å². The maximum Gasteiger partial charge on any atom is 0.411 e. The number of rotatable bonds is 4. The predicted octanol–water partition coefficient (Wildman–Crippen LogP) is 2.30. The lowest BCUT2D eigenvalue weighted by atomic mass is 9.92. The molecule has 1 saturated carbocycles. The number of alkyl halides is 3. The standard InChI is InChI=1S/C15H19F3N2O3/c1-9-5-6-12(13(21)19-9)14(22)20-10-3-2-4-11(7-10)23-8-15(16,17)18/h5-6,10-11H,2-4,7-8H2,1H3,(H,19,21)(H,20,22)/t10-,11+/m1/s1. The van der Waals surface area contributed by atoms with E-state index in [0.29, 0.717) is 31.4 Å². The number of halogens is 3. The Bertz CT molecular complexity index is 613. The van der Waals surface area contributed by atoms with Gasteiger partial charge in [0.15, 0.2) is 0 Å². The Labute approximate surface area is 131 Å². The van der Waals surface area contributed by atoms with Crippen LogP contribution in [0, 0.1) is 6.92 Å². The minimum absolute atomic E-state index is 0.00562. The zero-order valence-electron chi connectivity index (χ0n) is 12.7. The summed E-state index contributed by atoms with van der Waals surface area (Å²) in [7, 11) is 0. The third-order valence-electron chi connectivity index (χ3n) is 3.74. The maximum atomic E-state index is 12.2. The number of ether oxygens (including phenoxy) is 1. The predicted molar refractivity (Wildman–Crippen MR) is 77.3 cm³/mol. The molecule has 0 spiro atoms. The summed E-state index contributed by atoms with van der Waals surface area (Å²) < 4.78 is 41.4. The first-order chi connectivity index (χ1) is 10.7. The summed E-state index contributed by atoms with van der Waals surface area (Å²) in [5.74, 6) is -0.521. The molecule has 1 aromatic rings. The fourth-order valence-corrected chi connectivity index (χ4v) is 2.65. The number of aromatic amines is 1.